The Kier molecular flexibility index (Phi) is 24.6. The van der Waals surface area contributed by atoms with Crippen molar-refractivity contribution in [2.45, 2.75) is 178 Å². The van der Waals surface area contributed by atoms with E-state index in [2.05, 4.69) is 26.6 Å². The monoisotopic (exact) mass is 1250 g/mol. The standard InChI is InChI=1S/C55H82N8O23S/c1-28-23-63-44(45(28)71)49(75)56-22-33(67)20-35(57-52(78)84-54(3,4)5)46(72)58-41(29(2)66)50(76)62-24-34(68)21-36(62)47(73)59-42(38(70)18-31-14-15-39(40(19-31)86-87(80,81)82)83-27-30-12-10-9-11-13-30)48(74)60-43(51(63)77)37(69)16-17-61(32(25-64)26-65)53(79)85-55(6,7)8/h9-15,19,28-29,32-38,41-45,64-71H,16-18,20-27H2,1-8H3,(H,56,75)(H,57,78)(H,58,72)(H,59,73)(H,60,74)(H,80,81,82)/t28-,29+,33+,34+,35+,36-,37+,38+,41?,42-,43-,44-,45-/m0/s1. The van der Waals surface area contributed by atoms with Gasteiger partial charge in [0.25, 0.3) is 0 Å². The summed E-state index contributed by atoms with van der Waals surface area (Å²) in [5.41, 5.74) is -1.71. The van der Waals surface area contributed by atoms with Crippen LogP contribution in [0.3, 0.4) is 0 Å². The van der Waals surface area contributed by atoms with Crippen molar-refractivity contribution < 1.29 is 111 Å². The van der Waals surface area contributed by atoms with Gasteiger partial charge in [0.15, 0.2) is 11.5 Å². The summed E-state index contributed by atoms with van der Waals surface area (Å²) < 4.78 is 55.4. The average Bonchev–Trinajstić information content (AvgIpc) is 1.93. The van der Waals surface area contributed by atoms with Gasteiger partial charge in [-0.3, -0.25) is 33.3 Å². The second-order valence-corrected chi connectivity index (χ2v) is 24.7. The molecule has 8 amide bonds. The lowest BCUT2D eigenvalue weighted by molar-refractivity contribution is -0.147. The van der Waals surface area contributed by atoms with Crippen LogP contribution in [0.15, 0.2) is 48.5 Å². The van der Waals surface area contributed by atoms with Crippen molar-refractivity contribution in [3.63, 3.8) is 0 Å². The maximum absolute atomic E-state index is 15.2. The van der Waals surface area contributed by atoms with Crippen molar-refractivity contribution in [1.82, 2.24) is 41.3 Å². The van der Waals surface area contributed by atoms with E-state index in [0.29, 0.717) is 5.56 Å². The van der Waals surface area contributed by atoms with Gasteiger partial charge in [-0.25, -0.2) is 9.59 Å². The molecule has 5 rings (SSSR count). The summed E-state index contributed by atoms with van der Waals surface area (Å²) in [7, 11) is -5.26. The molecule has 1 unspecified atom stereocenters. The van der Waals surface area contributed by atoms with E-state index in [1.807, 2.05) is 0 Å². The number of hydrogen-bond acceptors (Lipinski definition) is 22. The molecular formula is C55H82N8O23S. The molecule has 3 saturated heterocycles. The molecule has 0 bridgehead atoms. The number of aliphatic hydroxyl groups is 8. The minimum absolute atomic E-state index is 0.0723. The van der Waals surface area contributed by atoms with Gasteiger partial charge < -0.3 is 101 Å². The van der Waals surface area contributed by atoms with E-state index in [1.54, 1.807) is 30.3 Å². The van der Waals surface area contributed by atoms with Crippen LogP contribution in [0.1, 0.15) is 85.8 Å². The van der Waals surface area contributed by atoms with E-state index in [1.165, 1.54) is 60.6 Å². The molecule has 2 aromatic carbocycles. The number of β-amino-alcohol motifs (C(OH)–C–C–N with tert-alkyl or cyclic N) is 1. The van der Waals surface area contributed by atoms with Gasteiger partial charge in [0.1, 0.15) is 54.1 Å². The van der Waals surface area contributed by atoms with Crippen LogP contribution in [0, 0.1) is 5.92 Å². The third-order valence-electron chi connectivity index (χ3n) is 14.2. The SMILES string of the molecule is C[C@@H](O)C1NC(=O)[C@H](NC(=O)OC(C)(C)C)C[C@@H](O)CNC(=O)[C@@H]2[C@@H](O)[C@@H](C)CN2C(=O)[C@H]([C@H](O)CCN(C(=O)OC(C)(C)C)C(CO)CO)NC(=O)[C@H]([C@H](O)Cc2ccc(OCc3ccccc3)c(OS(=O)(=O)O)c2)NC(=O)[C@@H]2C[C@@H](O)CN2C1=O. The van der Waals surface area contributed by atoms with E-state index < -0.39 is 225 Å². The molecule has 32 heteroatoms. The summed E-state index contributed by atoms with van der Waals surface area (Å²) in [6, 6.07) is -1.38. The van der Waals surface area contributed by atoms with Gasteiger partial charge in [-0.1, -0.05) is 43.3 Å². The van der Waals surface area contributed by atoms with E-state index in [-0.39, 0.29) is 17.9 Å². The number of carbonyl (C=O) groups excluding carboxylic acids is 8. The van der Waals surface area contributed by atoms with Crippen molar-refractivity contribution >= 4 is 58.0 Å². The van der Waals surface area contributed by atoms with Crippen molar-refractivity contribution in [2.24, 2.45) is 5.92 Å². The normalized spacial score (nSPS) is 26.0. The molecular weight excluding hydrogens is 1170 g/mol. The molecule has 3 aliphatic rings. The number of alkyl carbamates (subject to hydrolysis) is 1. The second kappa shape index (κ2) is 30.3. The Morgan fingerprint density at radius 2 is 1.34 bits per heavy atom. The zero-order chi connectivity index (χ0) is 65.0. The Labute approximate surface area is 502 Å². The van der Waals surface area contributed by atoms with Crippen molar-refractivity contribution in [3.05, 3.63) is 59.7 Å². The predicted octanol–water partition coefficient (Wildman–Crippen LogP) is -3.53. The highest BCUT2D eigenvalue weighted by Gasteiger charge is 2.50. The third-order valence-corrected chi connectivity index (χ3v) is 14.6. The number of nitrogens with one attached hydrogen (secondary N) is 5. The molecule has 0 saturated carbocycles. The summed E-state index contributed by atoms with van der Waals surface area (Å²) in [6.07, 6.45) is -16.1. The highest BCUT2D eigenvalue weighted by Crippen LogP contribution is 2.32. The Bertz CT molecular complexity index is 2850. The number of benzene rings is 2. The maximum Gasteiger partial charge on any atom is 0.446 e. The Morgan fingerprint density at radius 1 is 0.736 bits per heavy atom. The largest absolute Gasteiger partial charge is 0.485 e. The maximum atomic E-state index is 15.2. The van der Waals surface area contributed by atoms with Crippen LogP contribution in [-0.4, -0.2) is 246 Å². The molecule has 14 N–H and O–H groups in total. The Morgan fingerprint density at radius 3 is 1.94 bits per heavy atom. The number of ether oxygens (including phenoxy) is 3. The highest BCUT2D eigenvalue weighted by molar-refractivity contribution is 7.81. The summed E-state index contributed by atoms with van der Waals surface area (Å²) in [4.78, 5) is 117. The fourth-order valence-corrected chi connectivity index (χ4v) is 10.2. The quantitative estimate of drug-likeness (QED) is 0.0683. The molecule has 0 aliphatic carbocycles. The zero-order valence-electron chi connectivity index (χ0n) is 49.5. The van der Waals surface area contributed by atoms with Gasteiger partial charge in [-0.15, -0.1) is 0 Å². The van der Waals surface area contributed by atoms with Crippen LogP contribution in [-0.2, 0) is 61.7 Å². The van der Waals surface area contributed by atoms with E-state index in [9.17, 15) is 82.6 Å². The number of carbonyl (C=O) groups is 8. The molecule has 0 radical (unpaired) electrons. The number of rotatable bonds is 17. The Hall–Kier alpha value is -7.01. The van der Waals surface area contributed by atoms with E-state index in [4.69, 9.17) is 18.4 Å². The molecule has 87 heavy (non-hydrogen) atoms. The zero-order valence-corrected chi connectivity index (χ0v) is 50.3. The van der Waals surface area contributed by atoms with Crippen molar-refractivity contribution in [2.75, 3.05) is 39.4 Å². The first-order valence-electron chi connectivity index (χ1n) is 28.1. The van der Waals surface area contributed by atoms with Crippen LogP contribution in [0.4, 0.5) is 9.59 Å². The fourth-order valence-electron chi connectivity index (χ4n) is 9.88. The highest BCUT2D eigenvalue weighted by atomic mass is 32.3. The van der Waals surface area contributed by atoms with Crippen molar-refractivity contribution in [3.8, 4) is 11.5 Å². The number of hydrogen-bond donors (Lipinski definition) is 14. The lowest BCUT2D eigenvalue weighted by atomic mass is 9.98. The minimum atomic E-state index is -5.26. The number of fused-ring (bicyclic) bond motifs is 2. The third kappa shape index (κ3) is 20.3. The van der Waals surface area contributed by atoms with Gasteiger partial charge in [0, 0.05) is 51.4 Å². The van der Waals surface area contributed by atoms with Crippen molar-refractivity contribution in [1.29, 1.82) is 0 Å². The van der Waals surface area contributed by atoms with Gasteiger partial charge in [-0.05, 0) is 78.1 Å². The van der Waals surface area contributed by atoms with Crippen LogP contribution in [0.25, 0.3) is 0 Å². The summed E-state index contributed by atoms with van der Waals surface area (Å²) >= 11 is 0. The average molecular weight is 1260 g/mol. The molecule has 3 heterocycles. The molecule has 0 spiro atoms. The van der Waals surface area contributed by atoms with E-state index in [0.717, 1.165) is 27.7 Å². The summed E-state index contributed by atoms with van der Waals surface area (Å²) in [5.74, 6) is -9.42. The van der Waals surface area contributed by atoms with Crippen LogP contribution in [0.2, 0.25) is 0 Å². The summed E-state index contributed by atoms with van der Waals surface area (Å²) in [6.45, 7) is 7.35. The number of nitrogens with zero attached hydrogens (tertiary/aromatic N) is 3. The second-order valence-electron chi connectivity index (χ2n) is 23.7. The van der Waals surface area contributed by atoms with Gasteiger partial charge >= 0.3 is 22.6 Å². The Balaban J connectivity index is 1.67. The first kappa shape index (κ1) is 70.7. The molecule has 13 atom stereocenters. The lowest BCUT2D eigenvalue weighted by Gasteiger charge is -2.35. The summed E-state index contributed by atoms with van der Waals surface area (Å²) in [5, 5.41) is 101. The molecule has 2 aromatic rings. The first-order chi connectivity index (χ1) is 40.5. The van der Waals surface area contributed by atoms with Gasteiger partial charge in [-0.2, -0.15) is 8.42 Å². The minimum Gasteiger partial charge on any atom is -0.485 e. The lowest BCUT2D eigenvalue weighted by Crippen LogP contribution is -2.64. The van der Waals surface area contributed by atoms with Crippen LogP contribution in [0.5, 0.6) is 11.5 Å². The van der Waals surface area contributed by atoms with E-state index >= 15 is 9.59 Å². The van der Waals surface area contributed by atoms with Gasteiger partial charge in [0.05, 0.1) is 55.9 Å². The molecule has 486 valence electrons. The smallest absolute Gasteiger partial charge is 0.446 e. The molecule has 31 nitrogen and oxygen atoms in total. The molecule has 3 fully saturated rings. The molecule has 0 aromatic heterocycles. The topological polar surface area (TPSA) is 460 Å². The first-order valence-corrected chi connectivity index (χ1v) is 29.4. The predicted molar refractivity (Wildman–Crippen MR) is 302 cm³/mol. The van der Waals surface area contributed by atoms with Gasteiger partial charge in [0.2, 0.25) is 35.4 Å². The number of amides is 8. The molecule has 3 aliphatic heterocycles. The fraction of sp³-hybridized carbons (Fsp3) is 0.636. The number of aliphatic hydroxyl groups excluding tert-OH is 8. The van der Waals surface area contributed by atoms with Crippen LogP contribution < -0.4 is 35.5 Å². The van der Waals surface area contributed by atoms with Crippen LogP contribution >= 0.6 is 0 Å².